The van der Waals surface area contributed by atoms with Crippen molar-refractivity contribution in [2.24, 2.45) is 0 Å². The maximum Gasteiger partial charge on any atom is 0.322 e. The van der Waals surface area contributed by atoms with Crippen LogP contribution in [0.2, 0.25) is 0 Å². The number of urea groups is 1. The molecule has 10 heteroatoms. The zero-order chi connectivity index (χ0) is 23.2. The van der Waals surface area contributed by atoms with Crippen molar-refractivity contribution in [1.82, 2.24) is 19.9 Å². The Bertz CT molecular complexity index is 1120. The number of aromatic nitrogens is 3. The zero-order valence-electron chi connectivity index (χ0n) is 18.4. The van der Waals surface area contributed by atoms with Crippen molar-refractivity contribution in [3.05, 3.63) is 65.9 Å². The van der Waals surface area contributed by atoms with E-state index in [1.165, 1.54) is 6.07 Å². The summed E-state index contributed by atoms with van der Waals surface area (Å²) in [5.41, 5.74) is 7.45. The van der Waals surface area contributed by atoms with Crippen LogP contribution in [-0.2, 0) is 13.0 Å². The second-order valence-electron chi connectivity index (χ2n) is 7.59. The molecule has 1 aromatic carbocycles. The minimum Gasteiger partial charge on any atom is -0.483 e. The quantitative estimate of drug-likeness (QED) is 0.593. The molecule has 0 unspecified atom stereocenters. The van der Waals surface area contributed by atoms with Gasteiger partial charge in [0, 0.05) is 38.6 Å². The SMILES string of the molecule is CCc1ccc(F)c(NC(=O)N2CCN(c3ncccc3OCc3ccnc(N)n3)CC2)c1. The zero-order valence-corrected chi connectivity index (χ0v) is 18.4. The highest BCUT2D eigenvalue weighted by atomic mass is 19.1. The van der Waals surface area contributed by atoms with Gasteiger partial charge < -0.3 is 25.6 Å². The van der Waals surface area contributed by atoms with E-state index in [2.05, 4.69) is 25.2 Å². The van der Waals surface area contributed by atoms with Crippen LogP contribution in [0.4, 0.5) is 26.6 Å². The number of aryl methyl sites for hydroxylation is 1. The smallest absolute Gasteiger partial charge is 0.322 e. The van der Waals surface area contributed by atoms with Crippen molar-refractivity contribution < 1.29 is 13.9 Å². The van der Waals surface area contributed by atoms with Gasteiger partial charge in [-0.15, -0.1) is 0 Å². The van der Waals surface area contributed by atoms with Crippen LogP contribution in [0.15, 0.2) is 48.8 Å². The first kappa shape index (κ1) is 22.3. The highest BCUT2D eigenvalue weighted by Gasteiger charge is 2.24. The Morgan fingerprint density at radius 2 is 1.97 bits per heavy atom. The number of ether oxygens (including phenoxy) is 1. The Morgan fingerprint density at radius 3 is 2.73 bits per heavy atom. The van der Waals surface area contributed by atoms with Gasteiger partial charge in [0.05, 0.1) is 11.4 Å². The normalized spacial score (nSPS) is 13.6. The summed E-state index contributed by atoms with van der Waals surface area (Å²) in [6.07, 6.45) is 4.05. The Morgan fingerprint density at radius 1 is 1.15 bits per heavy atom. The van der Waals surface area contributed by atoms with Gasteiger partial charge in [-0.05, 0) is 42.3 Å². The van der Waals surface area contributed by atoms with Crippen LogP contribution in [0, 0.1) is 5.82 Å². The molecule has 1 saturated heterocycles. The number of hydrogen-bond acceptors (Lipinski definition) is 7. The fourth-order valence-electron chi connectivity index (χ4n) is 3.58. The van der Waals surface area contributed by atoms with Gasteiger partial charge >= 0.3 is 6.03 Å². The largest absolute Gasteiger partial charge is 0.483 e. The van der Waals surface area contributed by atoms with E-state index >= 15 is 0 Å². The van der Waals surface area contributed by atoms with Crippen molar-refractivity contribution in [3.8, 4) is 5.75 Å². The lowest BCUT2D eigenvalue weighted by molar-refractivity contribution is 0.207. The van der Waals surface area contributed by atoms with Crippen molar-refractivity contribution in [1.29, 1.82) is 0 Å². The predicted octanol–water partition coefficient (Wildman–Crippen LogP) is 3.09. The summed E-state index contributed by atoms with van der Waals surface area (Å²) in [6.45, 7) is 4.29. The number of nitrogens with zero attached hydrogens (tertiary/aromatic N) is 5. The van der Waals surface area contributed by atoms with E-state index in [0.29, 0.717) is 43.4 Å². The molecule has 0 atom stereocenters. The fraction of sp³-hybridized carbons (Fsp3) is 0.304. The van der Waals surface area contributed by atoms with E-state index in [1.807, 2.05) is 13.0 Å². The number of rotatable bonds is 6. The number of hydrogen-bond donors (Lipinski definition) is 2. The molecule has 4 rings (SSSR count). The number of nitrogens with two attached hydrogens (primary N) is 1. The molecule has 0 spiro atoms. The Kier molecular flexibility index (Phi) is 6.82. The molecule has 0 radical (unpaired) electrons. The number of carbonyl (C=O) groups is 1. The first-order valence-corrected chi connectivity index (χ1v) is 10.8. The van der Waals surface area contributed by atoms with Crippen molar-refractivity contribution in [2.75, 3.05) is 42.1 Å². The van der Waals surface area contributed by atoms with E-state index in [9.17, 15) is 9.18 Å². The van der Waals surface area contributed by atoms with Gasteiger partial charge in [-0.3, -0.25) is 0 Å². The molecule has 1 aliphatic heterocycles. The Labute approximate surface area is 191 Å². The summed E-state index contributed by atoms with van der Waals surface area (Å²) >= 11 is 0. The van der Waals surface area contributed by atoms with Gasteiger partial charge in [0.2, 0.25) is 5.95 Å². The van der Waals surface area contributed by atoms with Gasteiger partial charge in [0.15, 0.2) is 11.6 Å². The van der Waals surface area contributed by atoms with Crippen LogP contribution in [0.5, 0.6) is 5.75 Å². The number of pyridine rings is 1. The van der Waals surface area contributed by atoms with Crippen molar-refractivity contribution in [3.63, 3.8) is 0 Å². The molecule has 0 aliphatic carbocycles. The maximum atomic E-state index is 14.1. The van der Waals surface area contributed by atoms with E-state index in [0.717, 1.165) is 12.0 Å². The highest BCUT2D eigenvalue weighted by Crippen LogP contribution is 2.27. The molecule has 9 nitrogen and oxygen atoms in total. The van der Waals surface area contributed by atoms with Gasteiger partial charge in [0.25, 0.3) is 0 Å². The summed E-state index contributed by atoms with van der Waals surface area (Å²) in [5.74, 6) is 1.06. The first-order chi connectivity index (χ1) is 16.0. The minimum absolute atomic E-state index is 0.193. The molecule has 3 N–H and O–H groups in total. The number of benzene rings is 1. The van der Waals surface area contributed by atoms with Gasteiger partial charge in [-0.25, -0.2) is 24.1 Å². The summed E-state index contributed by atoms with van der Waals surface area (Å²) in [6, 6.07) is 9.84. The number of nitrogens with one attached hydrogen (secondary N) is 1. The number of nitrogen functional groups attached to an aromatic ring is 1. The Hall–Kier alpha value is -3.95. The van der Waals surface area contributed by atoms with E-state index in [-0.39, 0.29) is 24.3 Å². The molecule has 1 aliphatic rings. The summed E-state index contributed by atoms with van der Waals surface area (Å²) in [4.78, 5) is 28.9. The minimum atomic E-state index is -0.445. The highest BCUT2D eigenvalue weighted by molar-refractivity contribution is 5.89. The molecule has 3 aromatic rings. The average Bonchev–Trinajstić information content (AvgIpc) is 2.84. The van der Waals surface area contributed by atoms with Crippen LogP contribution in [-0.4, -0.2) is 52.1 Å². The molecule has 33 heavy (non-hydrogen) atoms. The first-order valence-electron chi connectivity index (χ1n) is 10.8. The van der Waals surface area contributed by atoms with Crippen LogP contribution in [0.25, 0.3) is 0 Å². The number of anilines is 3. The number of halogens is 1. The molecule has 2 amide bonds. The fourth-order valence-corrected chi connectivity index (χ4v) is 3.58. The molecule has 1 fully saturated rings. The van der Waals surface area contributed by atoms with Gasteiger partial charge in [-0.2, -0.15) is 0 Å². The maximum absolute atomic E-state index is 14.1. The third kappa shape index (κ3) is 5.46. The number of piperazine rings is 1. The molecule has 0 saturated carbocycles. The summed E-state index contributed by atoms with van der Waals surface area (Å²) in [7, 11) is 0. The van der Waals surface area contributed by atoms with Gasteiger partial charge in [0.1, 0.15) is 12.4 Å². The van der Waals surface area contributed by atoms with E-state index in [1.54, 1.807) is 41.6 Å². The third-order valence-corrected chi connectivity index (χ3v) is 5.41. The third-order valence-electron chi connectivity index (χ3n) is 5.41. The summed E-state index contributed by atoms with van der Waals surface area (Å²) < 4.78 is 20.0. The van der Waals surface area contributed by atoms with Crippen molar-refractivity contribution >= 4 is 23.5 Å². The molecular weight excluding hydrogens is 425 g/mol. The van der Waals surface area contributed by atoms with Crippen LogP contribution < -0.4 is 20.7 Å². The Balaban J connectivity index is 1.36. The lowest BCUT2D eigenvalue weighted by Gasteiger charge is -2.35. The number of carbonyl (C=O) groups excluding carboxylic acids is 1. The lowest BCUT2D eigenvalue weighted by atomic mass is 10.1. The van der Waals surface area contributed by atoms with Gasteiger partial charge in [-0.1, -0.05) is 13.0 Å². The lowest BCUT2D eigenvalue weighted by Crippen LogP contribution is -2.50. The topological polar surface area (TPSA) is 110 Å². The average molecular weight is 452 g/mol. The van der Waals surface area contributed by atoms with E-state index < -0.39 is 5.82 Å². The monoisotopic (exact) mass is 451 g/mol. The molecular formula is C23H26FN7O2. The second-order valence-corrected chi connectivity index (χ2v) is 7.59. The standard InChI is InChI=1S/C23H26FN7O2/c1-2-16-5-6-18(24)19(14-16)29-23(32)31-12-10-30(11-13-31)21-20(4-3-8-26-21)33-15-17-7-9-27-22(25)28-17/h3-9,14H,2,10-13,15H2,1H3,(H,29,32)(H2,25,27,28). The molecule has 2 aromatic heterocycles. The van der Waals surface area contributed by atoms with Crippen LogP contribution >= 0.6 is 0 Å². The number of amides is 2. The van der Waals surface area contributed by atoms with E-state index in [4.69, 9.17) is 10.5 Å². The molecule has 3 heterocycles. The van der Waals surface area contributed by atoms with Crippen LogP contribution in [0.1, 0.15) is 18.2 Å². The predicted molar refractivity (Wildman–Crippen MR) is 124 cm³/mol. The van der Waals surface area contributed by atoms with Crippen molar-refractivity contribution in [2.45, 2.75) is 20.0 Å². The molecule has 172 valence electrons. The summed E-state index contributed by atoms with van der Waals surface area (Å²) in [5, 5.41) is 2.69. The second kappa shape index (κ2) is 10.1. The molecule has 0 bridgehead atoms. The van der Waals surface area contributed by atoms with Crippen LogP contribution in [0.3, 0.4) is 0 Å².